The smallest absolute Gasteiger partial charge is 0.181 e. The Labute approximate surface area is 267 Å². The van der Waals surface area contributed by atoms with E-state index in [0.29, 0.717) is 0 Å². The molecular weight excluding hydrogens is 579 g/mol. The highest BCUT2D eigenvalue weighted by molar-refractivity contribution is 7.30. The summed E-state index contributed by atoms with van der Waals surface area (Å²) in [7, 11) is -2.74. The average Bonchev–Trinajstić information content (AvgIpc) is 3.66. The molecule has 0 N–H and O–H groups in total. The Morgan fingerprint density at radius 2 is 0.867 bits per heavy atom. The minimum atomic E-state index is -2.74. The molecule has 45 heavy (non-hydrogen) atoms. The molecule has 2 heterocycles. The van der Waals surface area contributed by atoms with Crippen molar-refractivity contribution in [2.45, 2.75) is 0 Å². The minimum absolute atomic E-state index is 1.18. The van der Waals surface area contributed by atoms with E-state index < -0.39 is 8.07 Å². The molecule has 0 radical (unpaired) electrons. The van der Waals surface area contributed by atoms with Gasteiger partial charge in [-0.2, -0.15) is 0 Å². The van der Waals surface area contributed by atoms with E-state index in [1.54, 1.807) is 0 Å². The normalized spacial score (nSPS) is 12.0. The first kappa shape index (κ1) is 26.2. The fourth-order valence-electron chi connectivity index (χ4n) is 7.45. The number of aromatic nitrogens is 1. The number of para-hydroxylation sites is 2. The molecule has 0 atom stereocenters. The molecular formula is C42H29NSSi. The van der Waals surface area contributed by atoms with Crippen LogP contribution in [-0.2, 0) is 0 Å². The molecule has 0 saturated carbocycles. The van der Waals surface area contributed by atoms with Gasteiger partial charge >= 0.3 is 0 Å². The summed E-state index contributed by atoms with van der Waals surface area (Å²) in [5.74, 6) is 0. The van der Waals surface area contributed by atoms with Crippen LogP contribution in [0.4, 0.5) is 0 Å². The molecule has 0 amide bonds. The Morgan fingerprint density at radius 1 is 0.378 bits per heavy atom. The summed E-state index contributed by atoms with van der Waals surface area (Å²) < 4.78 is 5.14. The van der Waals surface area contributed by atoms with Gasteiger partial charge in [-0.15, -0.1) is 11.3 Å². The van der Waals surface area contributed by atoms with Crippen molar-refractivity contribution in [1.29, 1.82) is 0 Å². The van der Waals surface area contributed by atoms with Crippen LogP contribution in [0.25, 0.3) is 47.7 Å². The minimum Gasteiger partial charge on any atom is -0.309 e. The topological polar surface area (TPSA) is 4.93 Å². The first-order valence-electron chi connectivity index (χ1n) is 15.4. The molecule has 0 saturated heterocycles. The molecule has 1 nitrogen and oxygen atoms in total. The van der Waals surface area contributed by atoms with Gasteiger partial charge in [0.15, 0.2) is 8.07 Å². The van der Waals surface area contributed by atoms with Gasteiger partial charge in [0.05, 0.1) is 11.0 Å². The SMILES string of the molecule is c1ccc([Si](c2ccccc2)(c2ccc(-n3c4ccccc4c4ccccc43)cc2)c2cccc3c2sc2ccccc23)cc1. The Kier molecular flexibility index (Phi) is 6.08. The second kappa shape index (κ2) is 10.4. The van der Waals surface area contributed by atoms with Gasteiger partial charge in [0.1, 0.15) is 0 Å². The first-order valence-corrected chi connectivity index (χ1v) is 18.3. The summed E-state index contributed by atoms with van der Waals surface area (Å²) in [5, 5.41) is 10.9. The van der Waals surface area contributed by atoms with E-state index in [-0.39, 0.29) is 0 Å². The second-order valence-electron chi connectivity index (χ2n) is 11.7. The molecule has 0 unspecified atom stereocenters. The van der Waals surface area contributed by atoms with Crippen molar-refractivity contribution < 1.29 is 0 Å². The van der Waals surface area contributed by atoms with Crippen LogP contribution in [-0.4, -0.2) is 12.6 Å². The summed E-state index contributed by atoms with van der Waals surface area (Å²) in [4.78, 5) is 0. The number of fused-ring (bicyclic) bond motifs is 6. The molecule has 9 rings (SSSR count). The standard InChI is InChI=1S/C42H29NSSi/c1-3-14-31(15-4-1)45(32-16-5-2-6-17-32,41-25-13-21-37-36-20-9-12-24-40(36)44-42(37)41)33-28-26-30(27-29-33)43-38-22-10-7-18-34(38)35-19-8-11-23-39(35)43/h1-29H. The van der Waals surface area contributed by atoms with Gasteiger partial charge < -0.3 is 4.57 Å². The molecule has 9 aromatic rings. The van der Waals surface area contributed by atoms with Crippen LogP contribution in [0.1, 0.15) is 0 Å². The van der Waals surface area contributed by atoms with Crippen molar-refractivity contribution in [2.24, 2.45) is 0 Å². The Bertz CT molecular complexity index is 2380. The summed E-state index contributed by atoms with van der Waals surface area (Å²) in [6, 6.07) is 65.3. The maximum absolute atomic E-state index is 2.74. The molecule has 7 aromatic carbocycles. The molecule has 2 aromatic heterocycles. The number of benzene rings is 7. The lowest BCUT2D eigenvalue weighted by atomic mass is 10.1. The monoisotopic (exact) mass is 607 g/mol. The quantitative estimate of drug-likeness (QED) is 0.137. The zero-order valence-corrected chi connectivity index (χ0v) is 26.4. The van der Waals surface area contributed by atoms with Crippen molar-refractivity contribution in [3.8, 4) is 5.69 Å². The van der Waals surface area contributed by atoms with Crippen molar-refractivity contribution in [1.82, 2.24) is 4.57 Å². The molecule has 0 spiro atoms. The largest absolute Gasteiger partial charge is 0.309 e. The van der Waals surface area contributed by atoms with Crippen molar-refractivity contribution in [3.63, 3.8) is 0 Å². The van der Waals surface area contributed by atoms with E-state index >= 15 is 0 Å². The van der Waals surface area contributed by atoms with Crippen molar-refractivity contribution in [2.75, 3.05) is 0 Å². The van der Waals surface area contributed by atoms with Crippen molar-refractivity contribution >= 4 is 82.1 Å². The van der Waals surface area contributed by atoms with Crippen LogP contribution in [0.5, 0.6) is 0 Å². The predicted molar refractivity (Wildman–Crippen MR) is 197 cm³/mol. The van der Waals surface area contributed by atoms with Gasteiger partial charge in [0.2, 0.25) is 0 Å². The molecule has 212 valence electrons. The third-order valence-corrected chi connectivity index (χ3v) is 15.6. The van der Waals surface area contributed by atoms with E-state index in [9.17, 15) is 0 Å². The summed E-state index contributed by atoms with van der Waals surface area (Å²) >= 11 is 1.93. The number of rotatable bonds is 5. The summed E-state index contributed by atoms with van der Waals surface area (Å²) in [6.45, 7) is 0. The fraction of sp³-hybridized carbons (Fsp3) is 0. The van der Waals surface area contributed by atoms with Crippen molar-refractivity contribution in [3.05, 3.63) is 176 Å². The Hall–Kier alpha value is -5.22. The molecule has 3 heteroatoms. The summed E-state index contributed by atoms with van der Waals surface area (Å²) in [6.07, 6.45) is 0. The van der Waals surface area contributed by atoms with Crippen LogP contribution in [0.3, 0.4) is 0 Å². The fourth-order valence-corrected chi connectivity index (χ4v) is 14.0. The van der Waals surface area contributed by atoms with Crippen LogP contribution in [0, 0.1) is 0 Å². The maximum Gasteiger partial charge on any atom is 0.181 e. The van der Waals surface area contributed by atoms with E-state index in [4.69, 9.17) is 0 Å². The zero-order valence-electron chi connectivity index (χ0n) is 24.6. The number of thiophene rings is 1. The van der Waals surface area contributed by atoms with Gasteiger partial charge in [0.25, 0.3) is 0 Å². The molecule has 0 bridgehead atoms. The van der Waals surface area contributed by atoms with Crippen LogP contribution >= 0.6 is 11.3 Å². The Morgan fingerprint density at radius 3 is 1.49 bits per heavy atom. The number of nitrogens with zero attached hydrogens (tertiary/aromatic N) is 1. The lowest BCUT2D eigenvalue weighted by molar-refractivity contribution is 1.18. The molecule has 0 aliphatic carbocycles. The van der Waals surface area contributed by atoms with Gasteiger partial charge in [0, 0.05) is 36.6 Å². The summed E-state index contributed by atoms with van der Waals surface area (Å²) in [5.41, 5.74) is 3.65. The third kappa shape index (κ3) is 3.91. The van der Waals surface area contributed by atoms with Crippen LogP contribution < -0.4 is 20.7 Å². The number of hydrogen-bond acceptors (Lipinski definition) is 1. The zero-order chi connectivity index (χ0) is 29.8. The van der Waals surface area contributed by atoms with Gasteiger partial charge in [-0.1, -0.05) is 146 Å². The maximum atomic E-state index is 2.41. The Balaban J connectivity index is 1.36. The molecule has 0 aliphatic heterocycles. The third-order valence-electron chi connectivity index (χ3n) is 9.36. The van der Waals surface area contributed by atoms with E-state index in [2.05, 4.69) is 180 Å². The highest BCUT2D eigenvalue weighted by Gasteiger charge is 2.43. The highest BCUT2D eigenvalue weighted by Crippen LogP contribution is 2.34. The van der Waals surface area contributed by atoms with Gasteiger partial charge in [-0.05, 0) is 51.1 Å². The van der Waals surface area contributed by atoms with E-state index in [1.807, 2.05) is 11.3 Å². The van der Waals surface area contributed by atoms with Crippen LogP contribution in [0.2, 0.25) is 0 Å². The molecule has 0 fully saturated rings. The highest BCUT2D eigenvalue weighted by atomic mass is 32.1. The predicted octanol–water partition coefficient (Wildman–Crippen LogP) is 8.53. The van der Waals surface area contributed by atoms with Crippen LogP contribution in [0.15, 0.2) is 176 Å². The van der Waals surface area contributed by atoms with Gasteiger partial charge in [-0.3, -0.25) is 0 Å². The second-order valence-corrected chi connectivity index (χ2v) is 16.5. The number of hydrogen-bond donors (Lipinski definition) is 0. The molecule has 0 aliphatic rings. The lowest BCUT2D eigenvalue weighted by Gasteiger charge is -2.35. The van der Waals surface area contributed by atoms with Gasteiger partial charge in [-0.25, -0.2) is 0 Å². The van der Waals surface area contributed by atoms with E-state index in [1.165, 1.54) is 68.4 Å². The lowest BCUT2D eigenvalue weighted by Crippen LogP contribution is -2.74. The average molecular weight is 608 g/mol. The first-order chi connectivity index (χ1) is 22.3. The van der Waals surface area contributed by atoms with E-state index in [0.717, 1.165) is 0 Å².